The lowest BCUT2D eigenvalue weighted by Gasteiger charge is -2.37. The minimum absolute atomic E-state index is 0.180. The van der Waals surface area contributed by atoms with Crippen molar-refractivity contribution < 1.29 is 0 Å². The van der Waals surface area contributed by atoms with Crippen LogP contribution in [0.1, 0.15) is 57.2 Å². The van der Waals surface area contributed by atoms with Gasteiger partial charge in [0.15, 0.2) is 0 Å². The molecule has 0 radical (unpaired) electrons. The minimum Gasteiger partial charge on any atom is -0.319 e. The molecule has 1 N–H and O–H groups in total. The van der Waals surface area contributed by atoms with Crippen LogP contribution in [0.15, 0.2) is 5.38 Å². The lowest BCUT2D eigenvalue weighted by molar-refractivity contribution is 0.160. The van der Waals surface area contributed by atoms with Gasteiger partial charge in [0.2, 0.25) is 0 Å². The zero-order valence-corrected chi connectivity index (χ0v) is 14.1. The summed E-state index contributed by atoms with van der Waals surface area (Å²) in [4.78, 5) is 4.95. The molecule has 0 amide bonds. The molecule has 2 saturated carbocycles. The molecular weight excluding hydrogens is 264 g/mol. The van der Waals surface area contributed by atoms with Crippen molar-refractivity contribution in [1.82, 2.24) is 10.3 Å². The van der Waals surface area contributed by atoms with Gasteiger partial charge < -0.3 is 5.32 Å². The van der Waals surface area contributed by atoms with Crippen LogP contribution in [-0.2, 0) is 11.8 Å². The van der Waals surface area contributed by atoms with E-state index < -0.39 is 0 Å². The molecule has 2 nitrogen and oxygen atoms in total. The first-order chi connectivity index (χ1) is 9.43. The Morgan fingerprint density at radius 2 is 2.20 bits per heavy atom. The van der Waals surface area contributed by atoms with E-state index in [1.807, 2.05) is 11.3 Å². The molecule has 0 aliphatic heterocycles. The lowest BCUT2D eigenvalue weighted by atomic mass is 9.71. The monoisotopic (exact) mass is 292 g/mol. The molecule has 3 unspecified atom stereocenters. The molecule has 2 fully saturated rings. The van der Waals surface area contributed by atoms with Gasteiger partial charge in [-0.05, 0) is 43.6 Å². The van der Waals surface area contributed by atoms with Crippen LogP contribution in [0.2, 0.25) is 0 Å². The number of nitrogens with zero attached hydrogens (tertiary/aromatic N) is 1. The molecule has 1 aromatic rings. The van der Waals surface area contributed by atoms with Crippen LogP contribution < -0.4 is 5.32 Å². The average molecular weight is 292 g/mol. The van der Waals surface area contributed by atoms with E-state index in [1.165, 1.54) is 49.4 Å². The summed E-state index contributed by atoms with van der Waals surface area (Å²) in [6.07, 6.45) is 7.00. The fourth-order valence-corrected chi connectivity index (χ4v) is 5.62. The van der Waals surface area contributed by atoms with Crippen LogP contribution in [0.4, 0.5) is 0 Å². The van der Waals surface area contributed by atoms with Crippen molar-refractivity contribution in [3.63, 3.8) is 0 Å². The Hall–Kier alpha value is -0.410. The van der Waals surface area contributed by atoms with Crippen molar-refractivity contribution in [2.24, 2.45) is 17.3 Å². The van der Waals surface area contributed by atoms with E-state index in [2.05, 4.69) is 38.5 Å². The first kappa shape index (κ1) is 14.5. The number of hydrogen-bond donors (Lipinski definition) is 1. The molecule has 3 heteroatoms. The Morgan fingerprint density at radius 3 is 2.70 bits per heavy atom. The Kier molecular flexibility index (Phi) is 3.70. The minimum atomic E-state index is 0.180. The van der Waals surface area contributed by atoms with Gasteiger partial charge in [-0.3, -0.25) is 0 Å². The van der Waals surface area contributed by atoms with Gasteiger partial charge in [0.1, 0.15) is 0 Å². The molecule has 0 spiro atoms. The topological polar surface area (TPSA) is 24.9 Å². The van der Waals surface area contributed by atoms with Gasteiger partial charge >= 0.3 is 0 Å². The van der Waals surface area contributed by atoms with Crippen LogP contribution in [0.25, 0.3) is 0 Å². The van der Waals surface area contributed by atoms with Crippen molar-refractivity contribution in [1.29, 1.82) is 0 Å². The summed E-state index contributed by atoms with van der Waals surface area (Å²) in [5, 5.41) is 7.10. The Morgan fingerprint density at radius 1 is 1.40 bits per heavy atom. The molecule has 1 heterocycles. The fraction of sp³-hybridized carbons (Fsp3) is 0.824. The van der Waals surface area contributed by atoms with E-state index in [-0.39, 0.29) is 5.41 Å². The highest BCUT2D eigenvalue weighted by Crippen LogP contribution is 2.57. The van der Waals surface area contributed by atoms with E-state index in [1.54, 1.807) is 0 Å². The number of thiazole rings is 1. The Balaban J connectivity index is 1.79. The Bertz CT molecular complexity index is 474. The summed E-state index contributed by atoms with van der Waals surface area (Å²) < 4.78 is 0. The molecule has 2 bridgehead atoms. The molecular formula is C17H28N2S. The molecule has 3 atom stereocenters. The first-order valence-corrected chi connectivity index (χ1v) is 8.90. The smallest absolute Gasteiger partial charge is 0.0934 e. The third kappa shape index (κ3) is 2.55. The van der Waals surface area contributed by atoms with Crippen LogP contribution >= 0.6 is 11.3 Å². The van der Waals surface area contributed by atoms with Gasteiger partial charge in [-0.2, -0.15) is 0 Å². The van der Waals surface area contributed by atoms with Gasteiger partial charge in [0, 0.05) is 23.8 Å². The summed E-state index contributed by atoms with van der Waals surface area (Å²) in [5.74, 6) is 1.93. The SMILES string of the molecule is CNCC1(Cc2nc(C(C)(C)C)cs2)CC2CCC1C2. The predicted octanol–water partition coefficient (Wildman–Crippen LogP) is 4.01. The summed E-state index contributed by atoms with van der Waals surface area (Å²) in [5.41, 5.74) is 1.94. The molecule has 112 valence electrons. The molecule has 0 aromatic carbocycles. The zero-order chi connectivity index (χ0) is 14.4. The second-order valence-electron chi connectivity index (χ2n) is 8.03. The van der Waals surface area contributed by atoms with E-state index in [9.17, 15) is 0 Å². The molecule has 20 heavy (non-hydrogen) atoms. The summed E-state index contributed by atoms with van der Waals surface area (Å²) in [6.45, 7) is 7.94. The maximum absolute atomic E-state index is 4.95. The second kappa shape index (κ2) is 5.10. The van der Waals surface area contributed by atoms with Gasteiger partial charge in [-0.25, -0.2) is 4.98 Å². The second-order valence-corrected chi connectivity index (χ2v) is 8.97. The lowest BCUT2D eigenvalue weighted by Crippen LogP contribution is -2.39. The number of nitrogens with one attached hydrogen (secondary N) is 1. The highest BCUT2D eigenvalue weighted by Gasteiger charge is 2.50. The van der Waals surface area contributed by atoms with Crippen molar-refractivity contribution >= 4 is 11.3 Å². The highest BCUT2D eigenvalue weighted by molar-refractivity contribution is 7.09. The van der Waals surface area contributed by atoms with Crippen molar-refractivity contribution in [2.75, 3.05) is 13.6 Å². The summed E-state index contributed by atoms with van der Waals surface area (Å²) in [6, 6.07) is 0. The van der Waals surface area contributed by atoms with Gasteiger partial charge in [-0.1, -0.05) is 27.2 Å². The number of rotatable bonds is 4. The maximum atomic E-state index is 4.95. The van der Waals surface area contributed by atoms with Crippen LogP contribution in [-0.4, -0.2) is 18.6 Å². The molecule has 2 aliphatic carbocycles. The largest absolute Gasteiger partial charge is 0.319 e. The molecule has 3 rings (SSSR count). The summed E-state index contributed by atoms with van der Waals surface area (Å²) >= 11 is 1.88. The van der Waals surface area contributed by atoms with Crippen molar-refractivity contribution in [2.45, 2.75) is 58.3 Å². The number of hydrogen-bond acceptors (Lipinski definition) is 3. The normalized spacial score (nSPS) is 33.0. The number of aromatic nitrogens is 1. The van der Waals surface area contributed by atoms with E-state index >= 15 is 0 Å². The van der Waals surface area contributed by atoms with Gasteiger partial charge in [-0.15, -0.1) is 11.3 Å². The predicted molar refractivity (Wildman–Crippen MR) is 86.3 cm³/mol. The average Bonchev–Trinajstić information content (AvgIpc) is 3.03. The number of fused-ring (bicyclic) bond motifs is 2. The van der Waals surface area contributed by atoms with E-state index in [4.69, 9.17) is 4.98 Å². The van der Waals surface area contributed by atoms with Gasteiger partial charge in [0.25, 0.3) is 0 Å². The van der Waals surface area contributed by atoms with Crippen molar-refractivity contribution in [3.05, 3.63) is 16.1 Å². The quantitative estimate of drug-likeness (QED) is 0.907. The molecule has 2 aliphatic rings. The Labute approximate surface area is 127 Å². The first-order valence-electron chi connectivity index (χ1n) is 8.02. The third-order valence-corrected chi connectivity index (χ3v) is 6.30. The zero-order valence-electron chi connectivity index (χ0n) is 13.3. The van der Waals surface area contributed by atoms with E-state index in [0.29, 0.717) is 5.41 Å². The fourth-order valence-electron chi connectivity index (χ4n) is 4.44. The maximum Gasteiger partial charge on any atom is 0.0934 e. The van der Waals surface area contributed by atoms with Gasteiger partial charge in [0.05, 0.1) is 10.7 Å². The van der Waals surface area contributed by atoms with Crippen molar-refractivity contribution in [3.8, 4) is 0 Å². The summed E-state index contributed by atoms with van der Waals surface area (Å²) in [7, 11) is 2.11. The standard InChI is InChI=1S/C17H28N2S/c1-16(2,3)14-10-20-15(19-14)9-17(11-18-4)8-12-5-6-13(17)7-12/h10,12-13,18H,5-9,11H2,1-4H3. The van der Waals surface area contributed by atoms with Crippen LogP contribution in [0.5, 0.6) is 0 Å². The molecule has 0 saturated heterocycles. The van der Waals surface area contributed by atoms with E-state index in [0.717, 1.165) is 11.8 Å². The molecule has 1 aromatic heterocycles. The highest BCUT2D eigenvalue weighted by atomic mass is 32.1. The van der Waals surface area contributed by atoms with Crippen LogP contribution in [0.3, 0.4) is 0 Å². The third-order valence-electron chi connectivity index (χ3n) is 5.45. The van der Waals surface area contributed by atoms with Crippen LogP contribution in [0, 0.1) is 17.3 Å².